The number of benzene rings is 7. The molecule has 0 bridgehead atoms. The van der Waals surface area contributed by atoms with Crippen LogP contribution in [0, 0.1) is 0 Å². The predicted molar refractivity (Wildman–Crippen MR) is 186 cm³/mol. The Bertz CT molecular complexity index is 2760. The van der Waals surface area contributed by atoms with E-state index in [0.717, 1.165) is 77.1 Å². The van der Waals surface area contributed by atoms with E-state index in [4.69, 9.17) is 8.83 Å². The zero-order valence-corrected chi connectivity index (χ0v) is 24.2. The largest absolute Gasteiger partial charge is 0.456 e. The molecule has 0 radical (unpaired) electrons. The first-order chi connectivity index (χ1) is 22.3. The lowest BCUT2D eigenvalue weighted by atomic mass is 10.0. The van der Waals surface area contributed by atoms with Crippen LogP contribution in [-0.2, 0) is 0 Å². The highest BCUT2D eigenvalue weighted by Gasteiger charge is 2.20. The maximum absolute atomic E-state index is 6.61. The minimum atomic E-state index is 0.905. The number of rotatable bonds is 3. The van der Waals surface area contributed by atoms with Gasteiger partial charge in [-0.15, -0.1) is 0 Å². The van der Waals surface area contributed by atoms with Gasteiger partial charge in [-0.1, -0.05) is 91.0 Å². The fourth-order valence-electron chi connectivity index (χ4n) is 7.10. The van der Waals surface area contributed by atoms with E-state index in [2.05, 4.69) is 138 Å². The lowest BCUT2D eigenvalue weighted by molar-refractivity contribution is 0.669. The third kappa shape index (κ3) is 3.58. The molecule has 3 heterocycles. The number of nitrogens with zero attached hydrogens (tertiary/aromatic N) is 1. The van der Waals surface area contributed by atoms with Crippen LogP contribution in [-0.4, -0.2) is 4.57 Å². The molecule has 0 aliphatic carbocycles. The maximum atomic E-state index is 6.61. The third-order valence-corrected chi connectivity index (χ3v) is 9.19. The summed E-state index contributed by atoms with van der Waals surface area (Å²) in [5.74, 6) is 0. The maximum Gasteiger partial charge on any atom is 0.145 e. The highest BCUT2D eigenvalue weighted by molar-refractivity contribution is 6.24. The standard InChI is InChI=1S/C42H25NO2/c1-2-9-26(10-3-1)28-17-20-36-35(25-28)41-37(21-19-33-31-13-4-7-16-39(31)45-42(33)41)43(36)30-12-8-11-27(23-30)29-18-22-40-34(24-29)32-14-5-6-15-38(32)44-40/h1-25H. The molecule has 0 aliphatic rings. The van der Waals surface area contributed by atoms with Gasteiger partial charge in [0.25, 0.3) is 0 Å². The van der Waals surface area contributed by atoms with Gasteiger partial charge in [0.15, 0.2) is 0 Å². The second-order valence-corrected chi connectivity index (χ2v) is 11.7. The van der Waals surface area contributed by atoms with Gasteiger partial charge in [-0.05, 0) is 82.9 Å². The first-order valence-electron chi connectivity index (χ1n) is 15.3. The molecule has 10 aromatic rings. The number of hydrogen-bond acceptors (Lipinski definition) is 2. The number of para-hydroxylation sites is 2. The molecule has 0 amide bonds. The fourth-order valence-corrected chi connectivity index (χ4v) is 7.10. The predicted octanol–water partition coefficient (Wildman–Crippen LogP) is 11.9. The molecule has 0 unspecified atom stereocenters. The number of furan rings is 2. The monoisotopic (exact) mass is 575 g/mol. The quantitative estimate of drug-likeness (QED) is 0.210. The van der Waals surface area contributed by atoms with Crippen LogP contribution in [0.2, 0.25) is 0 Å². The molecule has 3 aromatic heterocycles. The number of fused-ring (bicyclic) bond motifs is 10. The molecular formula is C42H25NO2. The molecular weight excluding hydrogens is 550 g/mol. The van der Waals surface area contributed by atoms with E-state index in [1.807, 2.05) is 18.2 Å². The Hall–Kier alpha value is -6.06. The van der Waals surface area contributed by atoms with Crippen LogP contribution in [0.5, 0.6) is 0 Å². The zero-order valence-electron chi connectivity index (χ0n) is 24.2. The van der Waals surface area contributed by atoms with Crippen LogP contribution in [0.25, 0.3) is 93.6 Å². The van der Waals surface area contributed by atoms with Crippen molar-refractivity contribution in [2.75, 3.05) is 0 Å². The molecule has 0 N–H and O–H groups in total. The highest BCUT2D eigenvalue weighted by atomic mass is 16.3. The lowest BCUT2D eigenvalue weighted by Gasteiger charge is -2.11. The third-order valence-electron chi connectivity index (χ3n) is 9.19. The molecule has 0 spiro atoms. The van der Waals surface area contributed by atoms with E-state index in [0.29, 0.717) is 0 Å². The summed E-state index contributed by atoms with van der Waals surface area (Å²) >= 11 is 0. The van der Waals surface area contributed by atoms with Crippen molar-refractivity contribution in [1.82, 2.24) is 4.57 Å². The molecule has 0 atom stereocenters. The van der Waals surface area contributed by atoms with Gasteiger partial charge >= 0.3 is 0 Å². The summed E-state index contributed by atoms with van der Waals surface area (Å²) in [7, 11) is 0. The Morgan fingerprint density at radius 2 is 0.978 bits per heavy atom. The minimum absolute atomic E-state index is 0.905. The molecule has 3 heteroatoms. The normalized spacial score (nSPS) is 12.0. The first-order valence-corrected chi connectivity index (χ1v) is 15.3. The average molecular weight is 576 g/mol. The fraction of sp³-hybridized carbons (Fsp3) is 0. The summed E-state index contributed by atoms with van der Waals surface area (Å²) in [5, 5.41) is 6.85. The second kappa shape index (κ2) is 9.22. The molecule has 0 saturated carbocycles. The molecule has 0 saturated heterocycles. The van der Waals surface area contributed by atoms with Crippen LogP contribution in [0.1, 0.15) is 0 Å². The van der Waals surface area contributed by atoms with E-state index in [-0.39, 0.29) is 0 Å². The topological polar surface area (TPSA) is 31.2 Å². The van der Waals surface area contributed by atoms with Crippen molar-refractivity contribution < 1.29 is 8.83 Å². The number of aromatic nitrogens is 1. The van der Waals surface area contributed by atoms with E-state index in [1.165, 1.54) is 16.5 Å². The van der Waals surface area contributed by atoms with Crippen LogP contribution in [0.15, 0.2) is 160 Å². The van der Waals surface area contributed by atoms with Gasteiger partial charge in [-0.3, -0.25) is 0 Å². The molecule has 0 fully saturated rings. The van der Waals surface area contributed by atoms with E-state index < -0.39 is 0 Å². The van der Waals surface area contributed by atoms with Gasteiger partial charge in [0.1, 0.15) is 22.3 Å². The van der Waals surface area contributed by atoms with E-state index in [1.54, 1.807) is 0 Å². The Morgan fingerprint density at radius 1 is 0.356 bits per heavy atom. The smallest absolute Gasteiger partial charge is 0.145 e. The molecule has 7 aromatic carbocycles. The Balaban J connectivity index is 1.24. The van der Waals surface area contributed by atoms with Crippen molar-refractivity contribution in [1.29, 1.82) is 0 Å². The van der Waals surface area contributed by atoms with Crippen molar-refractivity contribution in [2.24, 2.45) is 0 Å². The van der Waals surface area contributed by atoms with Crippen LogP contribution >= 0.6 is 0 Å². The van der Waals surface area contributed by atoms with Gasteiger partial charge in [-0.2, -0.15) is 0 Å². The summed E-state index contributed by atoms with van der Waals surface area (Å²) < 4.78 is 15.1. The summed E-state index contributed by atoms with van der Waals surface area (Å²) in [4.78, 5) is 0. The minimum Gasteiger partial charge on any atom is -0.456 e. The number of hydrogen-bond donors (Lipinski definition) is 0. The Morgan fingerprint density at radius 3 is 1.84 bits per heavy atom. The molecule has 3 nitrogen and oxygen atoms in total. The highest BCUT2D eigenvalue weighted by Crippen LogP contribution is 2.42. The van der Waals surface area contributed by atoms with E-state index >= 15 is 0 Å². The van der Waals surface area contributed by atoms with Gasteiger partial charge < -0.3 is 13.4 Å². The van der Waals surface area contributed by atoms with Crippen LogP contribution in [0.3, 0.4) is 0 Å². The van der Waals surface area contributed by atoms with Crippen molar-refractivity contribution in [3.8, 4) is 27.9 Å². The van der Waals surface area contributed by atoms with Crippen LogP contribution < -0.4 is 0 Å². The Kier molecular flexibility index (Phi) is 5.00. The summed E-state index contributed by atoms with van der Waals surface area (Å²) in [6, 6.07) is 53.7. The summed E-state index contributed by atoms with van der Waals surface area (Å²) in [6.45, 7) is 0. The average Bonchev–Trinajstić information content (AvgIpc) is 3.77. The van der Waals surface area contributed by atoms with Crippen molar-refractivity contribution in [3.63, 3.8) is 0 Å². The Labute approximate surface area is 258 Å². The van der Waals surface area contributed by atoms with Gasteiger partial charge in [0.2, 0.25) is 0 Å². The molecule has 10 rings (SSSR count). The van der Waals surface area contributed by atoms with Crippen molar-refractivity contribution >= 4 is 65.7 Å². The summed E-state index contributed by atoms with van der Waals surface area (Å²) in [5.41, 5.74) is 11.7. The second-order valence-electron chi connectivity index (χ2n) is 11.7. The molecule has 45 heavy (non-hydrogen) atoms. The molecule has 0 aliphatic heterocycles. The van der Waals surface area contributed by atoms with Crippen molar-refractivity contribution in [3.05, 3.63) is 152 Å². The van der Waals surface area contributed by atoms with Crippen molar-refractivity contribution in [2.45, 2.75) is 0 Å². The first kappa shape index (κ1) is 24.4. The van der Waals surface area contributed by atoms with Crippen LogP contribution in [0.4, 0.5) is 0 Å². The lowest BCUT2D eigenvalue weighted by Crippen LogP contribution is -1.94. The van der Waals surface area contributed by atoms with E-state index in [9.17, 15) is 0 Å². The molecule has 210 valence electrons. The zero-order chi connectivity index (χ0) is 29.5. The van der Waals surface area contributed by atoms with Gasteiger partial charge in [0.05, 0.1) is 16.4 Å². The SMILES string of the molecule is c1ccc(-c2ccc3c(c2)c2c4oc5ccccc5c4ccc2n3-c2cccc(-c3ccc4oc5ccccc5c4c3)c2)cc1. The van der Waals surface area contributed by atoms with Gasteiger partial charge in [0, 0.05) is 32.6 Å². The van der Waals surface area contributed by atoms with Gasteiger partial charge in [-0.25, -0.2) is 0 Å². The summed E-state index contributed by atoms with van der Waals surface area (Å²) in [6.07, 6.45) is 0.